The lowest BCUT2D eigenvalue weighted by atomic mass is 9.92. The monoisotopic (exact) mass is 227 g/mol. The summed E-state index contributed by atoms with van der Waals surface area (Å²) in [7, 11) is 0. The molecule has 1 aliphatic rings. The minimum Gasteiger partial charge on any atom is -0.346 e. The van der Waals surface area contributed by atoms with Gasteiger partial charge >= 0.3 is 0 Å². The third kappa shape index (κ3) is 3.20. The van der Waals surface area contributed by atoms with Gasteiger partial charge in [-0.2, -0.15) is 0 Å². The van der Waals surface area contributed by atoms with Gasteiger partial charge in [0, 0.05) is 12.6 Å². The van der Waals surface area contributed by atoms with E-state index in [1.807, 2.05) is 4.90 Å². The smallest absolute Gasteiger partial charge is 0.242 e. The number of amides is 2. The normalized spacial score (nSPS) is 25.3. The van der Waals surface area contributed by atoms with Crippen LogP contribution in [0.1, 0.15) is 26.7 Å². The molecule has 16 heavy (non-hydrogen) atoms. The predicted octanol–water partition coefficient (Wildman–Crippen LogP) is -0.292. The Morgan fingerprint density at radius 1 is 1.44 bits per heavy atom. The fourth-order valence-corrected chi connectivity index (χ4v) is 2.04. The highest BCUT2D eigenvalue weighted by Crippen LogP contribution is 2.22. The third-order valence-electron chi connectivity index (χ3n) is 3.32. The summed E-state index contributed by atoms with van der Waals surface area (Å²) in [5.74, 6) is 0.231. The van der Waals surface area contributed by atoms with Crippen molar-refractivity contribution in [1.82, 2.24) is 10.2 Å². The molecule has 2 amide bonds. The van der Waals surface area contributed by atoms with Crippen LogP contribution in [0.25, 0.3) is 0 Å². The maximum absolute atomic E-state index is 11.8. The van der Waals surface area contributed by atoms with E-state index in [0.717, 1.165) is 13.0 Å². The number of nitrogens with zero attached hydrogens (tertiary/aromatic N) is 1. The first-order valence-electron chi connectivity index (χ1n) is 5.82. The highest BCUT2D eigenvalue weighted by atomic mass is 16.2. The second-order valence-electron chi connectivity index (χ2n) is 4.43. The average Bonchev–Trinajstić information content (AvgIpc) is 2.29. The van der Waals surface area contributed by atoms with Crippen molar-refractivity contribution in [3.63, 3.8) is 0 Å². The van der Waals surface area contributed by atoms with Crippen molar-refractivity contribution in [2.24, 2.45) is 11.7 Å². The molecule has 1 saturated heterocycles. The quantitative estimate of drug-likeness (QED) is 0.695. The van der Waals surface area contributed by atoms with Gasteiger partial charge in [-0.05, 0) is 25.7 Å². The van der Waals surface area contributed by atoms with Crippen molar-refractivity contribution < 1.29 is 9.59 Å². The minimum absolute atomic E-state index is 0.0131. The highest BCUT2D eigenvalue weighted by Gasteiger charge is 2.27. The molecule has 1 fully saturated rings. The Hall–Kier alpha value is -1.10. The molecule has 0 bridgehead atoms. The van der Waals surface area contributed by atoms with Gasteiger partial charge in [0.1, 0.15) is 0 Å². The average molecular weight is 227 g/mol. The Kier molecular flexibility index (Phi) is 4.73. The predicted molar refractivity (Wildman–Crippen MR) is 61.6 cm³/mol. The standard InChI is InChI=1S/C11H21N3O2/c1-8-4-3-5-14(9(8)2)11(16)7-13-10(15)6-12/h8-9H,3-7,12H2,1-2H3,(H,13,15). The molecule has 0 aromatic rings. The van der Waals surface area contributed by atoms with E-state index >= 15 is 0 Å². The molecule has 0 radical (unpaired) electrons. The minimum atomic E-state index is -0.286. The molecule has 92 valence electrons. The Balaban J connectivity index is 2.43. The van der Waals surface area contributed by atoms with Crippen LogP contribution in [0.15, 0.2) is 0 Å². The zero-order valence-corrected chi connectivity index (χ0v) is 10.0. The molecule has 1 aliphatic heterocycles. The summed E-state index contributed by atoms with van der Waals surface area (Å²) in [5, 5.41) is 2.51. The highest BCUT2D eigenvalue weighted by molar-refractivity contribution is 5.85. The van der Waals surface area contributed by atoms with Crippen molar-refractivity contribution in [1.29, 1.82) is 0 Å². The second kappa shape index (κ2) is 5.84. The molecule has 1 heterocycles. The summed E-state index contributed by atoms with van der Waals surface area (Å²) in [4.78, 5) is 24.6. The van der Waals surface area contributed by atoms with Gasteiger partial charge in [-0.3, -0.25) is 9.59 Å². The van der Waals surface area contributed by atoms with E-state index in [4.69, 9.17) is 5.73 Å². The maximum Gasteiger partial charge on any atom is 0.242 e. The number of nitrogens with two attached hydrogens (primary N) is 1. The van der Waals surface area contributed by atoms with E-state index in [1.54, 1.807) is 0 Å². The number of hydrogen-bond acceptors (Lipinski definition) is 3. The van der Waals surface area contributed by atoms with Crippen LogP contribution in [0.2, 0.25) is 0 Å². The van der Waals surface area contributed by atoms with Crippen LogP contribution < -0.4 is 11.1 Å². The van der Waals surface area contributed by atoms with E-state index < -0.39 is 0 Å². The van der Waals surface area contributed by atoms with E-state index in [-0.39, 0.29) is 30.9 Å². The van der Waals surface area contributed by atoms with Crippen LogP contribution >= 0.6 is 0 Å². The van der Waals surface area contributed by atoms with Crippen molar-refractivity contribution in [2.75, 3.05) is 19.6 Å². The van der Waals surface area contributed by atoms with Crippen molar-refractivity contribution in [2.45, 2.75) is 32.7 Å². The first-order valence-corrected chi connectivity index (χ1v) is 5.82. The lowest BCUT2D eigenvalue weighted by Crippen LogP contribution is -2.50. The first kappa shape index (κ1) is 13.0. The third-order valence-corrected chi connectivity index (χ3v) is 3.32. The number of likely N-dealkylation sites (tertiary alicyclic amines) is 1. The molecule has 2 atom stereocenters. The van der Waals surface area contributed by atoms with E-state index in [9.17, 15) is 9.59 Å². The summed E-state index contributed by atoms with van der Waals surface area (Å²) >= 11 is 0. The van der Waals surface area contributed by atoms with Crippen LogP contribution in [0.4, 0.5) is 0 Å². The molecule has 0 aliphatic carbocycles. The fourth-order valence-electron chi connectivity index (χ4n) is 2.04. The van der Waals surface area contributed by atoms with Crippen LogP contribution in [0, 0.1) is 5.92 Å². The summed E-state index contributed by atoms with van der Waals surface area (Å²) in [6.45, 7) is 5.00. The molecule has 0 aromatic heterocycles. The van der Waals surface area contributed by atoms with Crippen molar-refractivity contribution in [3.05, 3.63) is 0 Å². The topological polar surface area (TPSA) is 75.4 Å². The van der Waals surface area contributed by atoms with Crippen LogP contribution in [-0.2, 0) is 9.59 Å². The molecule has 5 nitrogen and oxygen atoms in total. The number of carbonyl (C=O) groups excluding carboxylic acids is 2. The molecule has 5 heteroatoms. The largest absolute Gasteiger partial charge is 0.346 e. The summed E-state index contributed by atoms with van der Waals surface area (Å²) < 4.78 is 0. The maximum atomic E-state index is 11.8. The summed E-state index contributed by atoms with van der Waals surface area (Å²) in [5.41, 5.74) is 5.15. The summed E-state index contributed by atoms with van der Waals surface area (Å²) in [6.07, 6.45) is 2.21. The summed E-state index contributed by atoms with van der Waals surface area (Å²) in [6, 6.07) is 0.260. The first-order chi connectivity index (χ1) is 7.56. The Bertz CT molecular complexity index is 268. The SMILES string of the molecule is CC1CCCN(C(=O)CNC(=O)CN)C1C. The zero-order chi connectivity index (χ0) is 12.1. The van der Waals surface area contributed by atoms with Gasteiger partial charge in [-0.15, -0.1) is 0 Å². The number of nitrogens with one attached hydrogen (secondary N) is 1. The molecule has 2 unspecified atom stereocenters. The van der Waals surface area contributed by atoms with Gasteiger partial charge in [0.15, 0.2) is 0 Å². The Morgan fingerprint density at radius 3 is 2.75 bits per heavy atom. The van der Waals surface area contributed by atoms with E-state index in [2.05, 4.69) is 19.2 Å². The lowest BCUT2D eigenvalue weighted by Gasteiger charge is -2.38. The fraction of sp³-hybridized carbons (Fsp3) is 0.818. The molecular weight excluding hydrogens is 206 g/mol. The number of piperidine rings is 1. The molecule has 1 rings (SSSR count). The molecular formula is C11H21N3O2. The Morgan fingerprint density at radius 2 is 2.12 bits per heavy atom. The Labute approximate surface area is 96.4 Å². The van der Waals surface area contributed by atoms with Gasteiger partial charge in [-0.1, -0.05) is 6.92 Å². The molecule has 0 aromatic carbocycles. The van der Waals surface area contributed by atoms with Gasteiger partial charge in [-0.25, -0.2) is 0 Å². The number of rotatable bonds is 3. The second-order valence-corrected chi connectivity index (χ2v) is 4.43. The van der Waals surface area contributed by atoms with Gasteiger partial charge in [0.2, 0.25) is 11.8 Å². The van der Waals surface area contributed by atoms with Crippen LogP contribution in [0.3, 0.4) is 0 Å². The molecule has 0 saturated carbocycles. The van der Waals surface area contributed by atoms with Crippen molar-refractivity contribution >= 4 is 11.8 Å². The number of carbonyl (C=O) groups is 2. The lowest BCUT2D eigenvalue weighted by molar-refractivity contribution is -0.136. The van der Waals surface area contributed by atoms with Gasteiger partial charge in [0.25, 0.3) is 0 Å². The van der Waals surface area contributed by atoms with Crippen LogP contribution in [-0.4, -0.2) is 42.4 Å². The molecule has 0 spiro atoms. The van der Waals surface area contributed by atoms with Gasteiger partial charge < -0.3 is 16.0 Å². The molecule has 3 N–H and O–H groups in total. The van der Waals surface area contributed by atoms with Crippen molar-refractivity contribution in [3.8, 4) is 0 Å². The zero-order valence-electron chi connectivity index (χ0n) is 10.0. The van der Waals surface area contributed by atoms with E-state index in [0.29, 0.717) is 5.92 Å². The van der Waals surface area contributed by atoms with Crippen LogP contribution in [0.5, 0.6) is 0 Å². The van der Waals surface area contributed by atoms with E-state index in [1.165, 1.54) is 6.42 Å². The van der Waals surface area contributed by atoms with Gasteiger partial charge in [0.05, 0.1) is 13.1 Å². The number of hydrogen-bond donors (Lipinski definition) is 2.